The largest absolute Gasteiger partial charge is 0.316 e. The normalized spacial score (nSPS) is 10.6. The fourth-order valence-corrected chi connectivity index (χ4v) is 0.578. The molecule has 3 heteroatoms. The molecule has 0 aliphatic heterocycles. The van der Waals surface area contributed by atoms with Crippen LogP contribution < -0.4 is 0 Å². The Bertz CT molecular complexity index is 139. The van der Waals surface area contributed by atoms with Gasteiger partial charge < -0.3 is 4.52 Å². The van der Waals surface area contributed by atoms with E-state index in [1.807, 2.05) is 0 Å². The lowest BCUT2D eigenvalue weighted by Gasteiger charge is -2.02. The van der Waals surface area contributed by atoms with Gasteiger partial charge in [0.15, 0.2) is 7.37 Å². The molecule has 0 saturated heterocycles. The van der Waals surface area contributed by atoms with Crippen LogP contribution >= 0.6 is 7.37 Å². The molecule has 0 atom stereocenters. The third-order valence-electron chi connectivity index (χ3n) is 0.459. The number of hydrogen-bond donors (Lipinski definition) is 0. The molecule has 0 amide bonds. The van der Waals surface area contributed by atoms with Crippen molar-refractivity contribution in [2.24, 2.45) is 0 Å². The van der Waals surface area contributed by atoms with Crippen LogP contribution in [0.5, 0.6) is 0 Å². The van der Waals surface area contributed by atoms with Crippen LogP contribution in [0.1, 0.15) is 0 Å². The molecule has 0 rings (SSSR count). The molecule has 0 fully saturated rings. The Morgan fingerprint density at radius 1 is 1.75 bits per heavy atom. The van der Waals surface area contributed by atoms with Gasteiger partial charge in [-0.2, -0.15) is 0 Å². The molecule has 8 heavy (non-hydrogen) atoms. The highest BCUT2D eigenvalue weighted by molar-refractivity contribution is 7.57. The van der Waals surface area contributed by atoms with Crippen LogP contribution in [0.15, 0.2) is 0 Å². The van der Waals surface area contributed by atoms with Gasteiger partial charge in [-0.15, -0.1) is 6.42 Å². The van der Waals surface area contributed by atoms with Crippen molar-refractivity contribution in [3.63, 3.8) is 0 Å². The maximum absolute atomic E-state index is 10.7. The van der Waals surface area contributed by atoms with Gasteiger partial charge >= 0.3 is 0 Å². The SMILES string of the molecule is C#CCOP(C)(C)=O. The summed E-state index contributed by atoms with van der Waals surface area (Å²) in [5, 5.41) is 0. The summed E-state index contributed by atoms with van der Waals surface area (Å²) < 4.78 is 15.4. The predicted octanol–water partition coefficient (Wildman–Crippen LogP) is 1.17. The molecule has 0 heterocycles. The quantitative estimate of drug-likeness (QED) is 0.416. The van der Waals surface area contributed by atoms with Gasteiger partial charge in [0.25, 0.3) is 0 Å². The number of rotatable bonds is 2. The molecule has 0 saturated carbocycles. The first-order chi connectivity index (χ1) is 3.56. The highest BCUT2D eigenvalue weighted by Gasteiger charge is 2.03. The first-order valence-electron chi connectivity index (χ1n) is 2.19. The van der Waals surface area contributed by atoms with Crippen molar-refractivity contribution in [2.45, 2.75) is 0 Å². The lowest BCUT2D eigenvalue weighted by atomic mass is 10.8. The van der Waals surface area contributed by atoms with Crippen LogP contribution in [0.25, 0.3) is 0 Å². The van der Waals surface area contributed by atoms with Crippen molar-refractivity contribution >= 4 is 7.37 Å². The van der Waals surface area contributed by atoms with Gasteiger partial charge in [0.1, 0.15) is 6.61 Å². The summed E-state index contributed by atoms with van der Waals surface area (Å²) in [7, 11) is -2.32. The predicted molar refractivity (Wildman–Crippen MR) is 34.2 cm³/mol. The van der Waals surface area contributed by atoms with E-state index in [-0.39, 0.29) is 6.61 Å². The molecule has 0 aromatic carbocycles. The second-order valence-corrected chi connectivity index (χ2v) is 4.49. The molecular formula is C5H9O2P. The van der Waals surface area contributed by atoms with Gasteiger partial charge in [-0.1, -0.05) is 5.92 Å². The van der Waals surface area contributed by atoms with Crippen molar-refractivity contribution in [1.82, 2.24) is 0 Å². The van der Waals surface area contributed by atoms with Gasteiger partial charge in [0.2, 0.25) is 0 Å². The maximum atomic E-state index is 10.7. The van der Waals surface area contributed by atoms with Crippen molar-refractivity contribution in [3.05, 3.63) is 0 Å². The van der Waals surface area contributed by atoms with E-state index in [0.717, 1.165) is 0 Å². The third-order valence-corrected chi connectivity index (χ3v) is 1.21. The van der Waals surface area contributed by atoms with E-state index in [4.69, 9.17) is 10.9 Å². The Labute approximate surface area is 49.7 Å². The van der Waals surface area contributed by atoms with Crippen molar-refractivity contribution < 1.29 is 9.09 Å². The summed E-state index contributed by atoms with van der Waals surface area (Å²) in [6.07, 6.45) is 4.84. The Balaban J connectivity index is 3.45. The van der Waals surface area contributed by atoms with E-state index in [0.29, 0.717) is 0 Å². The minimum Gasteiger partial charge on any atom is -0.316 e. The highest BCUT2D eigenvalue weighted by Crippen LogP contribution is 2.36. The van der Waals surface area contributed by atoms with Crippen molar-refractivity contribution in [1.29, 1.82) is 0 Å². The molecule has 46 valence electrons. The first-order valence-corrected chi connectivity index (χ1v) is 4.71. The fraction of sp³-hybridized carbons (Fsp3) is 0.600. The standard InChI is InChI=1S/C5H9O2P/c1-4-5-7-8(2,3)6/h1H,5H2,2-3H3. The number of hydrogen-bond acceptors (Lipinski definition) is 2. The second-order valence-electron chi connectivity index (χ2n) is 1.73. The van der Waals surface area contributed by atoms with Gasteiger partial charge in [-0.05, 0) is 0 Å². The smallest absolute Gasteiger partial charge is 0.198 e. The highest BCUT2D eigenvalue weighted by atomic mass is 31.2. The van der Waals surface area contributed by atoms with Gasteiger partial charge in [0, 0.05) is 13.3 Å². The zero-order chi connectivity index (χ0) is 6.62. The monoisotopic (exact) mass is 132 g/mol. The molecule has 0 radical (unpaired) electrons. The summed E-state index contributed by atoms with van der Waals surface area (Å²) in [5.41, 5.74) is 0. The van der Waals surface area contributed by atoms with Crippen LogP contribution in [0.4, 0.5) is 0 Å². The summed E-state index contributed by atoms with van der Waals surface area (Å²) in [5.74, 6) is 2.23. The molecule has 0 aliphatic rings. The van der Waals surface area contributed by atoms with Gasteiger partial charge in [-0.25, -0.2) is 0 Å². The Kier molecular flexibility index (Phi) is 2.82. The number of terminal acetylenes is 1. The average molecular weight is 132 g/mol. The molecule has 0 bridgehead atoms. The summed E-state index contributed by atoms with van der Waals surface area (Å²) >= 11 is 0. The molecule has 0 unspecified atom stereocenters. The van der Waals surface area contributed by atoms with Crippen molar-refractivity contribution in [3.8, 4) is 12.3 Å². The second kappa shape index (κ2) is 2.91. The molecule has 0 aromatic heterocycles. The minimum atomic E-state index is -2.32. The van der Waals surface area contributed by atoms with E-state index in [2.05, 4.69) is 5.92 Å². The molecule has 0 aliphatic carbocycles. The van der Waals surface area contributed by atoms with E-state index in [1.54, 1.807) is 0 Å². The Hall–Kier alpha value is -0.250. The molecule has 0 N–H and O–H groups in total. The fourth-order valence-electron chi connectivity index (χ4n) is 0.193. The van der Waals surface area contributed by atoms with E-state index in [9.17, 15) is 4.57 Å². The van der Waals surface area contributed by atoms with Crippen LogP contribution in [0, 0.1) is 12.3 Å². The van der Waals surface area contributed by atoms with E-state index >= 15 is 0 Å². The lowest BCUT2D eigenvalue weighted by Crippen LogP contribution is -1.85. The van der Waals surface area contributed by atoms with Gasteiger partial charge in [-0.3, -0.25) is 4.57 Å². The van der Waals surface area contributed by atoms with Crippen LogP contribution in [-0.2, 0) is 9.09 Å². The molecule has 0 spiro atoms. The van der Waals surface area contributed by atoms with Crippen LogP contribution in [0.3, 0.4) is 0 Å². The average Bonchev–Trinajstić information content (AvgIpc) is 1.59. The third kappa shape index (κ3) is 5.75. The summed E-state index contributed by atoms with van der Waals surface area (Å²) in [6, 6.07) is 0. The topological polar surface area (TPSA) is 26.3 Å². The van der Waals surface area contributed by atoms with E-state index < -0.39 is 7.37 Å². The maximum Gasteiger partial charge on any atom is 0.198 e. The summed E-state index contributed by atoms with van der Waals surface area (Å²) in [6.45, 7) is 3.21. The molecule has 0 aromatic rings. The van der Waals surface area contributed by atoms with Crippen molar-refractivity contribution in [2.75, 3.05) is 19.9 Å². The first kappa shape index (κ1) is 7.75. The Morgan fingerprint density at radius 2 is 2.25 bits per heavy atom. The van der Waals surface area contributed by atoms with Gasteiger partial charge in [0.05, 0.1) is 0 Å². The van der Waals surface area contributed by atoms with Crippen LogP contribution in [0.2, 0.25) is 0 Å². The molecule has 2 nitrogen and oxygen atoms in total. The summed E-state index contributed by atoms with van der Waals surface area (Å²) in [4.78, 5) is 0. The van der Waals surface area contributed by atoms with Crippen LogP contribution in [-0.4, -0.2) is 19.9 Å². The van der Waals surface area contributed by atoms with E-state index in [1.165, 1.54) is 13.3 Å². The minimum absolute atomic E-state index is 0.143. The lowest BCUT2D eigenvalue weighted by molar-refractivity contribution is 0.368. The molecular weight excluding hydrogens is 123 g/mol. The zero-order valence-electron chi connectivity index (χ0n) is 5.05. The Morgan fingerprint density at radius 3 is 2.38 bits per heavy atom. The zero-order valence-corrected chi connectivity index (χ0v) is 5.94.